The van der Waals surface area contributed by atoms with Crippen LogP contribution in [0.25, 0.3) is 0 Å². The number of carbonyl (C=O) groups excluding carboxylic acids is 1. The van der Waals surface area contributed by atoms with E-state index in [4.69, 9.17) is 26.2 Å². The summed E-state index contributed by atoms with van der Waals surface area (Å²) in [7, 11) is 0. The van der Waals surface area contributed by atoms with Gasteiger partial charge in [0, 0.05) is 18.2 Å². The van der Waals surface area contributed by atoms with E-state index in [2.05, 4.69) is 0 Å². The molecule has 1 saturated carbocycles. The van der Waals surface area contributed by atoms with Crippen molar-refractivity contribution in [1.82, 2.24) is 4.90 Å². The Bertz CT molecular complexity index is 599. The van der Waals surface area contributed by atoms with Gasteiger partial charge >= 0.3 is 5.97 Å². The third-order valence-electron chi connectivity index (χ3n) is 3.49. The minimum Gasteiger partial charge on any atom is -0.481 e. The molecule has 7 heteroatoms. The number of carbonyl (C=O) groups is 2. The van der Waals surface area contributed by atoms with Gasteiger partial charge in [-0.25, -0.2) is 0 Å². The number of hydrogen-bond acceptors (Lipinski definition) is 4. The first-order chi connectivity index (χ1) is 10.1. The number of fused-ring (bicyclic) bond motifs is 1. The summed E-state index contributed by atoms with van der Waals surface area (Å²) >= 11 is 6.08. The summed E-state index contributed by atoms with van der Waals surface area (Å²) in [5.74, 6) is -0.257. The third-order valence-corrected chi connectivity index (χ3v) is 3.77. The molecular weight excluding hydrogens is 298 g/mol. The molecule has 2 aliphatic rings. The first kappa shape index (κ1) is 14.0. The molecule has 1 aromatic rings. The first-order valence-electron chi connectivity index (χ1n) is 6.68. The normalized spacial score (nSPS) is 15.9. The molecule has 21 heavy (non-hydrogen) atoms. The maximum atomic E-state index is 12.6. The van der Waals surface area contributed by atoms with Gasteiger partial charge in [0.05, 0.1) is 11.4 Å². The SMILES string of the molecule is O=C(O)CCN(C(=O)c1cc(Cl)c2c(c1)OCO2)C1CC1. The van der Waals surface area contributed by atoms with E-state index < -0.39 is 5.97 Å². The molecule has 0 atom stereocenters. The van der Waals surface area contributed by atoms with E-state index in [0.717, 1.165) is 12.8 Å². The van der Waals surface area contributed by atoms with Gasteiger partial charge in [0.15, 0.2) is 11.5 Å². The van der Waals surface area contributed by atoms with E-state index in [9.17, 15) is 9.59 Å². The van der Waals surface area contributed by atoms with Crippen molar-refractivity contribution < 1.29 is 24.2 Å². The topological polar surface area (TPSA) is 76.1 Å². The quantitative estimate of drug-likeness (QED) is 0.901. The van der Waals surface area contributed by atoms with Crippen LogP contribution in [-0.4, -0.2) is 41.3 Å². The van der Waals surface area contributed by atoms with Crippen molar-refractivity contribution in [3.05, 3.63) is 22.7 Å². The van der Waals surface area contributed by atoms with Crippen molar-refractivity contribution >= 4 is 23.5 Å². The lowest BCUT2D eigenvalue weighted by Gasteiger charge is -2.22. The molecule has 0 spiro atoms. The summed E-state index contributed by atoms with van der Waals surface area (Å²) in [6.07, 6.45) is 1.74. The number of carboxylic acids is 1. The number of hydrogen-bond donors (Lipinski definition) is 1. The molecule has 0 unspecified atom stereocenters. The molecule has 0 aromatic heterocycles. The molecule has 1 aliphatic heterocycles. The van der Waals surface area contributed by atoms with Crippen LogP contribution in [0, 0.1) is 0 Å². The zero-order valence-corrected chi connectivity index (χ0v) is 11.9. The summed E-state index contributed by atoms with van der Waals surface area (Å²) in [6, 6.07) is 3.25. The minimum atomic E-state index is -0.919. The molecule has 6 nitrogen and oxygen atoms in total. The van der Waals surface area contributed by atoms with Crippen molar-refractivity contribution in [2.24, 2.45) is 0 Å². The predicted octanol–water partition coefficient (Wildman–Crippen LogP) is 2.15. The Morgan fingerprint density at radius 2 is 2.10 bits per heavy atom. The van der Waals surface area contributed by atoms with Crippen LogP contribution in [0.5, 0.6) is 11.5 Å². The monoisotopic (exact) mass is 311 g/mol. The smallest absolute Gasteiger partial charge is 0.305 e. The molecule has 1 heterocycles. The van der Waals surface area contributed by atoms with Crippen LogP contribution in [0.4, 0.5) is 0 Å². The van der Waals surface area contributed by atoms with Gasteiger partial charge in [-0.1, -0.05) is 11.6 Å². The number of halogens is 1. The largest absolute Gasteiger partial charge is 0.481 e. The first-order valence-corrected chi connectivity index (χ1v) is 7.06. The van der Waals surface area contributed by atoms with Gasteiger partial charge in [-0.2, -0.15) is 0 Å². The Morgan fingerprint density at radius 1 is 1.33 bits per heavy atom. The predicted molar refractivity (Wildman–Crippen MR) is 73.9 cm³/mol. The Balaban J connectivity index is 1.82. The summed E-state index contributed by atoms with van der Waals surface area (Å²) in [4.78, 5) is 24.9. The van der Waals surface area contributed by atoms with Crippen LogP contribution in [0.15, 0.2) is 12.1 Å². The van der Waals surface area contributed by atoms with Gasteiger partial charge in [-0.15, -0.1) is 0 Å². The maximum absolute atomic E-state index is 12.6. The molecule has 0 saturated heterocycles. The number of amides is 1. The van der Waals surface area contributed by atoms with Gasteiger partial charge in [0.25, 0.3) is 5.91 Å². The Labute approximate surface area is 126 Å². The van der Waals surface area contributed by atoms with Crippen molar-refractivity contribution in [1.29, 1.82) is 0 Å². The van der Waals surface area contributed by atoms with E-state index in [1.807, 2.05) is 0 Å². The van der Waals surface area contributed by atoms with Crippen molar-refractivity contribution in [3.63, 3.8) is 0 Å². The van der Waals surface area contributed by atoms with E-state index >= 15 is 0 Å². The van der Waals surface area contributed by atoms with E-state index in [-0.39, 0.29) is 31.7 Å². The summed E-state index contributed by atoms with van der Waals surface area (Å²) < 4.78 is 10.5. The van der Waals surface area contributed by atoms with E-state index in [0.29, 0.717) is 22.1 Å². The Morgan fingerprint density at radius 3 is 2.76 bits per heavy atom. The van der Waals surface area contributed by atoms with E-state index in [1.54, 1.807) is 11.0 Å². The summed E-state index contributed by atoms with van der Waals surface area (Å²) in [5, 5.41) is 9.11. The van der Waals surface area contributed by atoms with Crippen LogP contribution >= 0.6 is 11.6 Å². The number of carboxylic acid groups (broad SMARTS) is 1. The van der Waals surface area contributed by atoms with Crippen molar-refractivity contribution in [2.45, 2.75) is 25.3 Å². The van der Waals surface area contributed by atoms with Crippen LogP contribution < -0.4 is 9.47 Å². The molecule has 1 fully saturated rings. The number of rotatable bonds is 5. The molecule has 0 radical (unpaired) electrons. The summed E-state index contributed by atoms with van der Waals surface area (Å²) in [5.41, 5.74) is 0.390. The zero-order valence-electron chi connectivity index (χ0n) is 11.2. The van der Waals surface area contributed by atoms with Gasteiger partial charge < -0.3 is 19.5 Å². The standard InChI is InChI=1S/C14H14ClNO5/c15-10-5-8(6-11-13(10)21-7-20-11)14(19)16(9-1-2-9)4-3-12(17)18/h5-6,9H,1-4,7H2,(H,17,18). The average molecular weight is 312 g/mol. The van der Waals surface area contributed by atoms with E-state index in [1.165, 1.54) is 6.07 Å². The van der Waals surface area contributed by atoms with Gasteiger partial charge in [-0.3, -0.25) is 9.59 Å². The Kier molecular flexibility index (Phi) is 3.63. The highest BCUT2D eigenvalue weighted by Crippen LogP contribution is 2.40. The molecule has 1 N–H and O–H groups in total. The van der Waals surface area contributed by atoms with Crippen LogP contribution in [0.2, 0.25) is 5.02 Å². The second-order valence-corrected chi connectivity index (χ2v) is 5.47. The van der Waals surface area contributed by atoms with Crippen molar-refractivity contribution in [3.8, 4) is 11.5 Å². The molecule has 1 aromatic carbocycles. The fraction of sp³-hybridized carbons (Fsp3) is 0.429. The average Bonchev–Trinajstić information content (AvgIpc) is 3.15. The lowest BCUT2D eigenvalue weighted by molar-refractivity contribution is -0.137. The van der Waals surface area contributed by atoms with Crippen LogP contribution in [0.3, 0.4) is 0 Å². The minimum absolute atomic E-state index is 0.0689. The second kappa shape index (κ2) is 5.44. The fourth-order valence-corrected chi connectivity index (χ4v) is 2.57. The Hall–Kier alpha value is -1.95. The van der Waals surface area contributed by atoms with Gasteiger partial charge in [0.2, 0.25) is 6.79 Å². The highest BCUT2D eigenvalue weighted by molar-refractivity contribution is 6.32. The molecule has 3 rings (SSSR count). The summed E-state index contributed by atoms with van der Waals surface area (Å²) in [6.45, 7) is 0.281. The molecular formula is C14H14ClNO5. The number of ether oxygens (including phenoxy) is 2. The lowest BCUT2D eigenvalue weighted by Crippen LogP contribution is -2.35. The van der Waals surface area contributed by atoms with Crippen LogP contribution in [-0.2, 0) is 4.79 Å². The molecule has 112 valence electrons. The maximum Gasteiger partial charge on any atom is 0.305 e. The third kappa shape index (κ3) is 2.90. The fourth-order valence-electron chi connectivity index (χ4n) is 2.31. The second-order valence-electron chi connectivity index (χ2n) is 5.07. The number of nitrogens with zero attached hydrogens (tertiary/aromatic N) is 1. The van der Waals surface area contributed by atoms with Gasteiger partial charge in [-0.05, 0) is 25.0 Å². The number of benzene rings is 1. The zero-order chi connectivity index (χ0) is 15.0. The van der Waals surface area contributed by atoms with Gasteiger partial charge in [0.1, 0.15) is 0 Å². The van der Waals surface area contributed by atoms with Crippen LogP contribution in [0.1, 0.15) is 29.6 Å². The van der Waals surface area contributed by atoms with Crippen molar-refractivity contribution in [2.75, 3.05) is 13.3 Å². The highest BCUT2D eigenvalue weighted by Gasteiger charge is 2.34. The lowest BCUT2D eigenvalue weighted by atomic mass is 10.1. The number of aliphatic carboxylic acids is 1. The highest BCUT2D eigenvalue weighted by atomic mass is 35.5. The molecule has 1 amide bonds. The molecule has 1 aliphatic carbocycles. The molecule has 0 bridgehead atoms.